The van der Waals surface area contributed by atoms with Crippen LogP contribution in [0.4, 0.5) is 0 Å². The molecule has 0 aromatic heterocycles. The van der Waals surface area contributed by atoms with Gasteiger partial charge in [0.2, 0.25) is 0 Å². The minimum atomic E-state index is 0.323. The summed E-state index contributed by atoms with van der Waals surface area (Å²) < 4.78 is 0. The fourth-order valence-corrected chi connectivity index (χ4v) is 3.59. The van der Waals surface area contributed by atoms with Gasteiger partial charge in [-0.1, -0.05) is 42.1 Å². The van der Waals surface area contributed by atoms with Crippen molar-refractivity contribution in [2.45, 2.75) is 22.8 Å². The van der Waals surface area contributed by atoms with Crippen LogP contribution in [0.25, 0.3) is 0 Å². The third kappa shape index (κ3) is 4.10. The monoisotopic (exact) mass is 299 g/mol. The zero-order chi connectivity index (χ0) is 14.5. The van der Waals surface area contributed by atoms with Gasteiger partial charge in [-0.3, -0.25) is 4.90 Å². The number of benzene rings is 2. The number of hydrogen-bond acceptors (Lipinski definition) is 3. The van der Waals surface area contributed by atoms with Gasteiger partial charge in [-0.25, -0.2) is 0 Å². The van der Waals surface area contributed by atoms with E-state index in [1.165, 1.54) is 15.4 Å². The number of hydrogen-bond donors (Lipinski definition) is 1. The Labute approximate surface area is 130 Å². The molecule has 0 aliphatic carbocycles. The van der Waals surface area contributed by atoms with Gasteiger partial charge in [0.25, 0.3) is 0 Å². The van der Waals surface area contributed by atoms with E-state index in [-0.39, 0.29) is 0 Å². The van der Waals surface area contributed by atoms with Crippen molar-refractivity contribution in [3.63, 3.8) is 0 Å². The van der Waals surface area contributed by atoms with Crippen molar-refractivity contribution in [1.29, 1.82) is 0 Å². The highest BCUT2D eigenvalue weighted by molar-refractivity contribution is 7.99. The summed E-state index contributed by atoms with van der Waals surface area (Å²) in [6.07, 6.45) is 1.12. The van der Waals surface area contributed by atoms with Crippen molar-refractivity contribution in [3.05, 3.63) is 60.2 Å². The molecule has 1 unspecified atom stereocenters. The Morgan fingerprint density at radius 3 is 2.38 bits per heavy atom. The van der Waals surface area contributed by atoms with Crippen LogP contribution in [0, 0.1) is 5.92 Å². The molecular weight excluding hydrogens is 278 g/mol. The summed E-state index contributed by atoms with van der Waals surface area (Å²) in [5, 5.41) is 9.20. The largest absolute Gasteiger partial charge is 0.396 e. The Balaban J connectivity index is 1.57. The molecule has 2 nitrogen and oxygen atoms in total. The van der Waals surface area contributed by atoms with E-state index in [0.717, 1.165) is 26.1 Å². The van der Waals surface area contributed by atoms with Gasteiger partial charge in [0, 0.05) is 29.5 Å². The average molecular weight is 299 g/mol. The number of likely N-dealkylation sites (tertiary alicyclic amines) is 1. The van der Waals surface area contributed by atoms with Crippen molar-refractivity contribution < 1.29 is 5.11 Å². The Kier molecular flexibility index (Phi) is 4.96. The molecule has 1 fully saturated rings. The normalized spacial score (nSPS) is 19.0. The van der Waals surface area contributed by atoms with Crippen molar-refractivity contribution in [2.75, 3.05) is 19.7 Å². The summed E-state index contributed by atoms with van der Waals surface area (Å²) in [4.78, 5) is 4.98. The highest BCUT2D eigenvalue weighted by Crippen LogP contribution is 2.27. The summed E-state index contributed by atoms with van der Waals surface area (Å²) >= 11 is 1.80. The molecule has 3 heteroatoms. The molecule has 21 heavy (non-hydrogen) atoms. The second kappa shape index (κ2) is 7.12. The van der Waals surface area contributed by atoms with E-state index in [1.54, 1.807) is 11.8 Å². The van der Waals surface area contributed by atoms with Crippen molar-refractivity contribution in [3.8, 4) is 0 Å². The molecule has 2 aromatic rings. The summed E-state index contributed by atoms with van der Waals surface area (Å²) in [6, 6.07) is 19.3. The molecule has 0 saturated carbocycles. The van der Waals surface area contributed by atoms with Crippen LogP contribution in [0.5, 0.6) is 0 Å². The van der Waals surface area contributed by atoms with Gasteiger partial charge in [0.15, 0.2) is 0 Å². The Morgan fingerprint density at radius 1 is 1.00 bits per heavy atom. The molecule has 1 atom stereocenters. The van der Waals surface area contributed by atoms with Crippen molar-refractivity contribution >= 4 is 11.8 Å². The SMILES string of the molecule is OCC1CCN(Cc2ccc(Sc3ccccc3)cc2)C1. The molecule has 0 amide bonds. The lowest BCUT2D eigenvalue weighted by molar-refractivity contribution is 0.220. The van der Waals surface area contributed by atoms with Gasteiger partial charge in [0.05, 0.1) is 0 Å². The van der Waals surface area contributed by atoms with Crippen molar-refractivity contribution in [2.24, 2.45) is 5.92 Å². The van der Waals surface area contributed by atoms with Crippen LogP contribution in [-0.4, -0.2) is 29.7 Å². The Hall–Kier alpha value is -1.29. The van der Waals surface area contributed by atoms with Gasteiger partial charge in [0.1, 0.15) is 0 Å². The molecular formula is C18H21NOS. The summed E-state index contributed by atoms with van der Waals surface area (Å²) in [5.74, 6) is 0.470. The van der Waals surface area contributed by atoms with Crippen LogP contribution in [0.2, 0.25) is 0 Å². The van der Waals surface area contributed by atoms with Gasteiger partial charge in [-0.15, -0.1) is 0 Å². The summed E-state index contributed by atoms with van der Waals surface area (Å²) in [7, 11) is 0. The van der Waals surface area contributed by atoms with Crippen LogP contribution in [0.1, 0.15) is 12.0 Å². The molecule has 0 spiro atoms. The van der Waals surface area contributed by atoms with Gasteiger partial charge >= 0.3 is 0 Å². The van der Waals surface area contributed by atoms with E-state index >= 15 is 0 Å². The van der Waals surface area contributed by atoms with E-state index in [1.807, 2.05) is 6.07 Å². The van der Waals surface area contributed by atoms with Crippen molar-refractivity contribution in [1.82, 2.24) is 4.90 Å². The average Bonchev–Trinajstić information content (AvgIpc) is 2.98. The summed E-state index contributed by atoms with van der Waals surface area (Å²) in [6.45, 7) is 3.44. The van der Waals surface area contributed by atoms with E-state index in [4.69, 9.17) is 0 Å². The topological polar surface area (TPSA) is 23.5 Å². The zero-order valence-corrected chi connectivity index (χ0v) is 12.9. The minimum Gasteiger partial charge on any atom is -0.396 e. The lowest BCUT2D eigenvalue weighted by Crippen LogP contribution is -2.20. The molecule has 1 aliphatic heterocycles. The molecule has 1 saturated heterocycles. The fraction of sp³-hybridized carbons (Fsp3) is 0.333. The van der Waals surface area contributed by atoms with Gasteiger partial charge in [-0.05, 0) is 48.7 Å². The molecule has 110 valence electrons. The standard InChI is InChI=1S/C18H21NOS/c20-14-16-10-11-19(13-16)12-15-6-8-18(9-7-15)21-17-4-2-1-3-5-17/h1-9,16,20H,10-14H2. The Bertz CT molecular complexity index is 555. The van der Waals surface area contributed by atoms with Crippen LogP contribution in [0.3, 0.4) is 0 Å². The van der Waals surface area contributed by atoms with Crippen LogP contribution in [-0.2, 0) is 6.54 Å². The van der Waals surface area contributed by atoms with Gasteiger partial charge < -0.3 is 5.11 Å². The van der Waals surface area contributed by atoms with Gasteiger partial charge in [-0.2, -0.15) is 0 Å². The number of aliphatic hydroxyl groups is 1. The zero-order valence-electron chi connectivity index (χ0n) is 12.1. The maximum atomic E-state index is 9.20. The third-order valence-corrected chi connectivity index (χ3v) is 4.95. The molecule has 1 N–H and O–H groups in total. The number of rotatable bonds is 5. The minimum absolute atomic E-state index is 0.323. The molecule has 0 bridgehead atoms. The van der Waals surface area contributed by atoms with E-state index < -0.39 is 0 Å². The lowest BCUT2D eigenvalue weighted by Gasteiger charge is -2.15. The van der Waals surface area contributed by atoms with E-state index in [0.29, 0.717) is 12.5 Å². The first-order valence-electron chi connectivity index (χ1n) is 7.48. The molecule has 2 aromatic carbocycles. The smallest absolute Gasteiger partial charge is 0.0471 e. The first kappa shape index (κ1) is 14.6. The van der Waals surface area contributed by atoms with Crippen LogP contribution in [0.15, 0.2) is 64.4 Å². The highest BCUT2D eigenvalue weighted by atomic mass is 32.2. The second-order valence-electron chi connectivity index (χ2n) is 5.63. The first-order valence-corrected chi connectivity index (χ1v) is 8.30. The maximum Gasteiger partial charge on any atom is 0.0471 e. The number of nitrogens with zero attached hydrogens (tertiary/aromatic N) is 1. The maximum absolute atomic E-state index is 9.20. The van der Waals surface area contributed by atoms with E-state index in [9.17, 15) is 5.11 Å². The van der Waals surface area contributed by atoms with Crippen LogP contribution < -0.4 is 0 Å². The molecule has 0 radical (unpaired) electrons. The quantitative estimate of drug-likeness (QED) is 0.911. The third-order valence-electron chi connectivity index (χ3n) is 3.94. The first-order chi connectivity index (χ1) is 10.3. The molecule has 1 heterocycles. The molecule has 3 rings (SSSR count). The second-order valence-corrected chi connectivity index (χ2v) is 6.78. The Morgan fingerprint density at radius 2 is 1.71 bits per heavy atom. The van der Waals surface area contributed by atoms with E-state index in [2.05, 4.69) is 53.4 Å². The highest BCUT2D eigenvalue weighted by Gasteiger charge is 2.21. The van der Waals surface area contributed by atoms with Crippen LogP contribution >= 0.6 is 11.8 Å². The number of aliphatic hydroxyl groups excluding tert-OH is 1. The summed E-state index contributed by atoms with van der Waals surface area (Å²) in [5.41, 5.74) is 1.35. The molecule has 1 aliphatic rings. The predicted octanol–water partition coefficient (Wildman–Crippen LogP) is 3.65. The fourth-order valence-electron chi connectivity index (χ4n) is 2.75. The predicted molar refractivity (Wildman–Crippen MR) is 87.5 cm³/mol. The lowest BCUT2D eigenvalue weighted by atomic mass is 10.1.